The van der Waals surface area contributed by atoms with Gasteiger partial charge in [-0.2, -0.15) is 13.2 Å². The van der Waals surface area contributed by atoms with Gasteiger partial charge in [-0.05, 0) is 63.2 Å². The van der Waals surface area contributed by atoms with E-state index in [0.29, 0.717) is 31.1 Å². The van der Waals surface area contributed by atoms with Crippen molar-refractivity contribution in [3.63, 3.8) is 0 Å². The number of hydrogen-bond acceptors (Lipinski definition) is 3. The number of esters is 1. The predicted octanol–water partition coefficient (Wildman–Crippen LogP) is 5.48. The lowest BCUT2D eigenvalue weighted by Crippen LogP contribution is -2.63. The second-order valence-corrected chi connectivity index (χ2v) is 9.54. The van der Waals surface area contributed by atoms with Crippen LogP contribution in [0, 0.1) is 11.8 Å². The Hall–Kier alpha value is -1.04. The van der Waals surface area contributed by atoms with Crippen LogP contribution in [0.25, 0.3) is 0 Å². The predicted molar refractivity (Wildman–Crippen MR) is 94.0 cm³/mol. The third-order valence-corrected chi connectivity index (χ3v) is 7.44. The van der Waals surface area contributed by atoms with E-state index >= 15 is 0 Å². The Morgan fingerprint density at radius 1 is 1.07 bits per heavy atom. The van der Waals surface area contributed by atoms with Crippen LogP contribution in [0.4, 0.5) is 13.2 Å². The van der Waals surface area contributed by atoms with Crippen LogP contribution in [0.1, 0.15) is 77.6 Å². The van der Waals surface area contributed by atoms with E-state index in [1.165, 1.54) is 12.8 Å². The average Bonchev–Trinajstić information content (AvgIpc) is 2.99. The first kappa shape index (κ1) is 19.3. The van der Waals surface area contributed by atoms with E-state index in [1.54, 1.807) is 0 Å². The molecule has 2 atom stereocenters. The Morgan fingerprint density at radius 3 is 2.15 bits per heavy atom. The highest BCUT2D eigenvalue weighted by atomic mass is 19.4. The minimum absolute atomic E-state index is 0.105. The van der Waals surface area contributed by atoms with Gasteiger partial charge in [-0.1, -0.05) is 26.3 Å². The normalized spacial score (nSPS) is 39.6. The van der Waals surface area contributed by atoms with E-state index < -0.39 is 23.3 Å². The molecule has 0 aromatic carbocycles. The fourth-order valence-electron chi connectivity index (χ4n) is 6.72. The van der Waals surface area contributed by atoms with Crippen LogP contribution in [-0.2, 0) is 14.3 Å². The Morgan fingerprint density at radius 2 is 1.63 bits per heavy atom. The first-order valence-electron chi connectivity index (χ1n) is 10.3. The SMILES string of the molecule is C=C(C(=O)OC12CC3CC(C1)CC(OC1(CC)CCCC1)(C3)C2)C(F)(F)F. The third-order valence-electron chi connectivity index (χ3n) is 7.44. The molecule has 0 N–H and O–H groups in total. The van der Waals surface area contributed by atoms with Gasteiger partial charge in [-0.3, -0.25) is 0 Å². The Kier molecular flexibility index (Phi) is 4.45. The standard InChI is InChI=1S/C21H29F3O3/c1-3-18(6-4-5-7-18)27-20-11-15-8-16(12-20)10-19(9-15,13-20)26-17(25)14(2)21(22,23)24/h15-16H,2-13H2,1H3. The van der Waals surface area contributed by atoms with Crippen molar-refractivity contribution in [3.05, 3.63) is 12.2 Å². The number of carbonyl (C=O) groups is 1. The lowest BCUT2D eigenvalue weighted by atomic mass is 9.52. The number of hydrogen-bond donors (Lipinski definition) is 0. The molecule has 5 fully saturated rings. The van der Waals surface area contributed by atoms with E-state index in [-0.39, 0.29) is 11.2 Å². The molecule has 0 heterocycles. The molecule has 0 aromatic rings. The second kappa shape index (κ2) is 6.23. The van der Waals surface area contributed by atoms with Crippen molar-refractivity contribution >= 4 is 5.97 Å². The molecule has 0 amide bonds. The summed E-state index contributed by atoms with van der Waals surface area (Å²) in [7, 11) is 0. The van der Waals surface area contributed by atoms with Gasteiger partial charge in [0.15, 0.2) is 0 Å². The van der Waals surface area contributed by atoms with Gasteiger partial charge in [0.2, 0.25) is 0 Å². The molecule has 152 valence electrons. The summed E-state index contributed by atoms with van der Waals surface area (Å²) in [5, 5.41) is 0. The molecule has 5 aliphatic rings. The number of halogens is 3. The molecule has 4 bridgehead atoms. The van der Waals surface area contributed by atoms with E-state index in [4.69, 9.17) is 9.47 Å². The molecule has 0 saturated heterocycles. The molecule has 0 aliphatic heterocycles. The van der Waals surface area contributed by atoms with Crippen LogP contribution in [0.3, 0.4) is 0 Å². The van der Waals surface area contributed by atoms with Crippen LogP contribution >= 0.6 is 0 Å². The Bertz CT molecular complexity index is 619. The Labute approximate surface area is 158 Å². The van der Waals surface area contributed by atoms with Crippen molar-refractivity contribution in [1.82, 2.24) is 0 Å². The zero-order valence-electron chi connectivity index (χ0n) is 16.0. The molecule has 5 rings (SSSR count). The third kappa shape index (κ3) is 3.43. The lowest BCUT2D eigenvalue weighted by molar-refractivity contribution is -0.265. The molecule has 3 nitrogen and oxygen atoms in total. The van der Waals surface area contributed by atoms with E-state index in [1.807, 2.05) is 0 Å². The topological polar surface area (TPSA) is 35.5 Å². The van der Waals surface area contributed by atoms with Crippen molar-refractivity contribution in [2.45, 2.75) is 101 Å². The van der Waals surface area contributed by atoms with Crippen molar-refractivity contribution in [1.29, 1.82) is 0 Å². The van der Waals surface area contributed by atoms with Gasteiger partial charge >= 0.3 is 12.1 Å². The molecule has 2 unspecified atom stereocenters. The summed E-state index contributed by atoms with van der Waals surface area (Å²) in [6.45, 7) is 5.08. The quantitative estimate of drug-likeness (QED) is 0.464. The number of ether oxygens (including phenoxy) is 2. The van der Waals surface area contributed by atoms with Gasteiger partial charge in [0.25, 0.3) is 0 Å². The van der Waals surface area contributed by atoms with Crippen LogP contribution in [0.5, 0.6) is 0 Å². The van der Waals surface area contributed by atoms with E-state index in [9.17, 15) is 18.0 Å². The maximum absolute atomic E-state index is 12.9. The summed E-state index contributed by atoms with van der Waals surface area (Å²) in [6.07, 6.45) is 5.48. The monoisotopic (exact) mass is 386 g/mol. The highest BCUT2D eigenvalue weighted by Crippen LogP contribution is 2.62. The second-order valence-electron chi connectivity index (χ2n) is 9.54. The number of alkyl halides is 3. The molecule has 0 radical (unpaired) electrons. The summed E-state index contributed by atoms with van der Waals surface area (Å²) < 4.78 is 51.0. The largest absolute Gasteiger partial charge is 0.455 e. The van der Waals surface area contributed by atoms with Crippen molar-refractivity contribution < 1.29 is 27.4 Å². The summed E-state index contributed by atoms with van der Waals surface area (Å²) >= 11 is 0. The maximum atomic E-state index is 12.9. The van der Waals surface area contributed by atoms with Gasteiger partial charge in [-0.25, -0.2) is 4.79 Å². The summed E-state index contributed by atoms with van der Waals surface area (Å²) in [5.74, 6) is -0.576. The molecular weight excluding hydrogens is 357 g/mol. The van der Waals surface area contributed by atoms with Crippen molar-refractivity contribution in [2.75, 3.05) is 0 Å². The van der Waals surface area contributed by atoms with Gasteiger partial charge in [0, 0.05) is 6.42 Å². The zero-order valence-corrected chi connectivity index (χ0v) is 16.0. The highest BCUT2D eigenvalue weighted by Gasteiger charge is 2.62. The van der Waals surface area contributed by atoms with Crippen molar-refractivity contribution in [3.8, 4) is 0 Å². The van der Waals surface area contributed by atoms with Crippen LogP contribution in [0.15, 0.2) is 12.2 Å². The maximum Gasteiger partial charge on any atom is 0.422 e. The average molecular weight is 386 g/mol. The summed E-state index contributed by atoms with van der Waals surface area (Å²) in [4.78, 5) is 12.2. The van der Waals surface area contributed by atoms with Crippen LogP contribution in [-0.4, -0.2) is 28.9 Å². The lowest BCUT2D eigenvalue weighted by Gasteiger charge is -2.62. The number of rotatable bonds is 5. The first-order valence-corrected chi connectivity index (χ1v) is 10.3. The smallest absolute Gasteiger partial charge is 0.422 e. The molecular formula is C21H29F3O3. The Balaban J connectivity index is 1.55. The molecule has 27 heavy (non-hydrogen) atoms. The first-order chi connectivity index (χ1) is 12.6. The highest BCUT2D eigenvalue weighted by molar-refractivity contribution is 5.89. The molecule has 5 saturated carbocycles. The summed E-state index contributed by atoms with van der Waals surface area (Å²) in [5.41, 5.74) is -2.67. The molecule has 0 spiro atoms. The van der Waals surface area contributed by atoms with E-state index in [2.05, 4.69) is 13.5 Å². The number of carbonyl (C=O) groups excluding carboxylic acids is 1. The van der Waals surface area contributed by atoms with Gasteiger partial charge in [0.1, 0.15) is 11.2 Å². The fourth-order valence-corrected chi connectivity index (χ4v) is 6.72. The van der Waals surface area contributed by atoms with Gasteiger partial charge in [-0.15, -0.1) is 0 Å². The van der Waals surface area contributed by atoms with Gasteiger partial charge < -0.3 is 9.47 Å². The zero-order chi connectivity index (χ0) is 19.5. The van der Waals surface area contributed by atoms with Crippen LogP contribution in [0.2, 0.25) is 0 Å². The van der Waals surface area contributed by atoms with Crippen LogP contribution < -0.4 is 0 Å². The summed E-state index contributed by atoms with van der Waals surface area (Å²) in [6, 6.07) is 0. The van der Waals surface area contributed by atoms with Crippen molar-refractivity contribution in [2.24, 2.45) is 11.8 Å². The van der Waals surface area contributed by atoms with Gasteiger partial charge in [0.05, 0.1) is 11.2 Å². The van der Waals surface area contributed by atoms with E-state index in [0.717, 1.165) is 38.5 Å². The molecule has 0 aromatic heterocycles. The minimum Gasteiger partial charge on any atom is -0.455 e. The minimum atomic E-state index is -4.75. The molecule has 6 heteroatoms. The molecule has 5 aliphatic carbocycles. The fraction of sp³-hybridized carbons (Fsp3) is 0.857.